The van der Waals surface area contributed by atoms with Crippen LogP contribution in [0, 0.1) is 5.92 Å². The van der Waals surface area contributed by atoms with Gasteiger partial charge in [0.15, 0.2) is 0 Å². The summed E-state index contributed by atoms with van der Waals surface area (Å²) in [5.74, 6) is 0.193. The van der Waals surface area contributed by atoms with E-state index in [-0.39, 0.29) is 24.0 Å². The molecule has 14 heavy (non-hydrogen) atoms. The van der Waals surface area contributed by atoms with Crippen LogP contribution < -0.4 is 5.32 Å². The maximum absolute atomic E-state index is 11.7. The minimum Gasteiger partial charge on any atom is -0.378 e. The number of hydrogen-bond acceptors (Lipinski definition) is 2. The van der Waals surface area contributed by atoms with Gasteiger partial charge in [-0.1, -0.05) is 22.9 Å². The van der Waals surface area contributed by atoms with Gasteiger partial charge in [0.25, 0.3) is 0 Å². The minimum atomic E-state index is 0.0538. The second kappa shape index (κ2) is 5.71. The maximum Gasteiger partial charge on any atom is 0.225 e. The highest BCUT2D eigenvalue weighted by molar-refractivity contribution is 9.09. The van der Waals surface area contributed by atoms with E-state index in [4.69, 9.17) is 4.74 Å². The summed E-state index contributed by atoms with van der Waals surface area (Å²) in [6.45, 7) is 4.65. The first-order valence-corrected chi connectivity index (χ1v) is 6.27. The summed E-state index contributed by atoms with van der Waals surface area (Å²) in [5.41, 5.74) is 0. The van der Waals surface area contributed by atoms with Gasteiger partial charge in [-0.3, -0.25) is 4.79 Å². The van der Waals surface area contributed by atoms with Crippen LogP contribution in [0.25, 0.3) is 0 Å². The summed E-state index contributed by atoms with van der Waals surface area (Å²) >= 11 is 3.38. The largest absolute Gasteiger partial charge is 0.378 e. The van der Waals surface area contributed by atoms with E-state index >= 15 is 0 Å². The Bertz CT molecular complexity index is 195. The van der Waals surface area contributed by atoms with Crippen LogP contribution in [0.5, 0.6) is 0 Å². The Morgan fingerprint density at radius 3 is 2.86 bits per heavy atom. The number of carbonyl (C=O) groups excluding carboxylic acids is 1. The van der Waals surface area contributed by atoms with Gasteiger partial charge in [-0.2, -0.15) is 0 Å². The quantitative estimate of drug-likeness (QED) is 0.785. The summed E-state index contributed by atoms with van der Waals surface area (Å²) in [6, 6.07) is 0.249. The molecular weight excluding hydrogens is 246 g/mol. The molecule has 3 atom stereocenters. The Morgan fingerprint density at radius 2 is 2.43 bits per heavy atom. The predicted molar refractivity (Wildman–Crippen MR) is 59.5 cm³/mol. The molecule has 1 N–H and O–H groups in total. The van der Waals surface area contributed by atoms with Gasteiger partial charge in [0.05, 0.1) is 18.6 Å². The van der Waals surface area contributed by atoms with Gasteiger partial charge in [-0.25, -0.2) is 0 Å². The normalized spacial score (nSPS) is 28.8. The SMILES string of the molecule is CCC(CBr)NC(=O)C1COC(C)C1. The summed E-state index contributed by atoms with van der Waals surface area (Å²) in [4.78, 5) is 11.7. The molecule has 0 radical (unpaired) electrons. The molecule has 1 aliphatic heterocycles. The molecule has 0 saturated carbocycles. The molecule has 1 saturated heterocycles. The molecule has 0 aromatic carbocycles. The van der Waals surface area contributed by atoms with Gasteiger partial charge >= 0.3 is 0 Å². The van der Waals surface area contributed by atoms with Gasteiger partial charge < -0.3 is 10.1 Å². The van der Waals surface area contributed by atoms with Crippen LogP contribution >= 0.6 is 15.9 Å². The summed E-state index contributed by atoms with van der Waals surface area (Å²) in [7, 11) is 0. The molecule has 4 heteroatoms. The first-order valence-electron chi connectivity index (χ1n) is 5.15. The monoisotopic (exact) mass is 263 g/mol. The van der Waals surface area contributed by atoms with Crippen LogP contribution in [0.3, 0.4) is 0 Å². The third kappa shape index (κ3) is 3.24. The van der Waals surface area contributed by atoms with E-state index in [1.807, 2.05) is 6.92 Å². The standard InChI is InChI=1S/C10H18BrNO2/c1-3-9(5-11)12-10(13)8-4-7(2)14-6-8/h7-9H,3-6H2,1-2H3,(H,12,13). The highest BCUT2D eigenvalue weighted by Gasteiger charge is 2.28. The van der Waals surface area contributed by atoms with Gasteiger partial charge in [0.2, 0.25) is 5.91 Å². The molecule has 82 valence electrons. The Labute approximate surface area is 93.7 Å². The summed E-state index contributed by atoms with van der Waals surface area (Å²) in [6.07, 6.45) is 2.04. The molecule has 3 nitrogen and oxygen atoms in total. The van der Waals surface area contributed by atoms with Crippen molar-refractivity contribution in [2.24, 2.45) is 5.92 Å². The number of hydrogen-bond donors (Lipinski definition) is 1. The Balaban J connectivity index is 2.34. The van der Waals surface area contributed by atoms with Crippen LogP contribution in [-0.2, 0) is 9.53 Å². The van der Waals surface area contributed by atoms with Crippen molar-refractivity contribution in [2.45, 2.75) is 38.8 Å². The molecule has 1 aliphatic rings. The molecule has 1 fully saturated rings. The lowest BCUT2D eigenvalue weighted by Gasteiger charge is -2.16. The van der Waals surface area contributed by atoms with Gasteiger partial charge in [0.1, 0.15) is 0 Å². The van der Waals surface area contributed by atoms with E-state index in [0.29, 0.717) is 6.61 Å². The van der Waals surface area contributed by atoms with Crippen molar-refractivity contribution in [3.63, 3.8) is 0 Å². The van der Waals surface area contributed by atoms with Crippen molar-refractivity contribution < 1.29 is 9.53 Å². The van der Waals surface area contributed by atoms with E-state index < -0.39 is 0 Å². The van der Waals surface area contributed by atoms with Crippen molar-refractivity contribution in [1.29, 1.82) is 0 Å². The second-order valence-electron chi connectivity index (χ2n) is 3.84. The van der Waals surface area contributed by atoms with Crippen LogP contribution in [0.15, 0.2) is 0 Å². The topological polar surface area (TPSA) is 38.3 Å². The molecular formula is C10H18BrNO2. The maximum atomic E-state index is 11.7. The average molecular weight is 264 g/mol. The molecule has 0 bridgehead atoms. The van der Waals surface area contributed by atoms with E-state index in [9.17, 15) is 4.79 Å². The number of nitrogens with one attached hydrogen (secondary N) is 1. The highest BCUT2D eigenvalue weighted by Crippen LogP contribution is 2.19. The minimum absolute atomic E-state index is 0.0538. The van der Waals surface area contributed by atoms with Crippen LogP contribution in [0.4, 0.5) is 0 Å². The lowest BCUT2D eigenvalue weighted by Crippen LogP contribution is -2.39. The number of ether oxygens (including phenoxy) is 1. The molecule has 3 unspecified atom stereocenters. The predicted octanol–water partition coefficient (Wildman–Crippen LogP) is 1.70. The van der Waals surface area contributed by atoms with Crippen molar-refractivity contribution >= 4 is 21.8 Å². The lowest BCUT2D eigenvalue weighted by molar-refractivity contribution is -0.125. The van der Waals surface area contributed by atoms with Crippen molar-refractivity contribution in [1.82, 2.24) is 5.32 Å². The molecule has 1 heterocycles. The zero-order chi connectivity index (χ0) is 10.6. The van der Waals surface area contributed by atoms with E-state index in [2.05, 4.69) is 28.2 Å². The van der Waals surface area contributed by atoms with Gasteiger partial charge in [0, 0.05) is 11.4 Å². The average Bonchev–Trinajstić information content (AvgIpc) is 2.61. The Hall–Kier alpha value is -0.0900. The molecule has 0 spiro atoms. The zero-order valence-electron chi connectivity index (χ0n) is 8.75. The van der Waals surface area contributed by atoms with Crippen molar-refractivity contribution in [3.05, 3.63) is 0 Å². The lowest BCUT2D eigenvalue weighted by atomic mass is 10.1. The van der Waals surface area contributed by atoms with Crippen LogP contribution in [0.1, 0.15) is 26.7 Å². The number of carbonyl (C=O) groups is 1. The van der Waals surface area contributed by atoms with E-state index in [1.165, 1.54) is 0 Å². The first kappa shape index (κ1) is 12.0. The summed E-state index contributed by atoms with van der Waals surface area (Å²) < 4.78 is 5.36. The third-order valence-electron chi connectivity index (χ3n) is 2.59. The van der Waals surface area contributed by atoms with Crippen molar-refractivity contribution in [2.75, 3.05) is 11.9 Å². The third-order valence-corrected chi connectivity index (χ3v) is 3.38. The van der Waals surface area contributed by atoms with Crippen LogP contribution in [0.2, 0.25) is 0 Å². The fourth-order valence-electron chi connectivity index (χ4n) is 1.57. The molecule has 1 amide bonds. The van der Waals surface area contributed by atoms with Gasteiger partial charge in [-0.05, 0) is 19.8 Å². The van der Waals surface area contributed by atoms with Crippen LogP contribution in [-0.4, -0.2) is 30.0 Å². The Kier molecular flexibility index (Phi) is 4.89. The van der Waals surface area contributed by atoms with Gasteiger partial charge in [-0.15, -0.1) is 0 Å². The fraction of sp³-hybridized carbons (Fsp3) is 0.900. The molecule has 0 aliphatic carbocycles. The number of rotatable bonds is 4. The highest BCUT2D eigenvalue weighted by atomic mass is 79.9. The van der Waals surface area contributed by atoms with Crippen molar-refractivity contribution in [3.8, 4) is 0 Å². The zero-order valence-corrected chi connectivity index (χ0v) is 10.3. The van der Waals surface area contributed by atoms with E-state index in [0.717, 1.165) is 18.2 Å². The number of alkyl halides is 1. The van der Waals surface area contributed by atoms with E-state index in [1.54, 1.807) is 0 Å². The number of halogens is 1. The number of amides is 1. The smallest absolute Gasteiger partial charge is 0.225 e. The second-order valence-corrected chi connectivity index (χ2v) is 4.49. The molecule has 0 aromatic heterocycles. The molecule has 0 aromatic rings. The fourth-order valence-corrected chi connectivity index (χ4v) is 2.19. The molecule has 1 rings (SSSR count). The first-order chi connectivity index (χ1) is 6.67. The summed E-state index contributed by atoms with van der Waals surface area (Å²) in [5, 5.41) is 3.83. The Morgan fingerprint density at radius 1 is 1.71 bits per heavy atom.